The van der Waals surface area contributed by atoms with Gasteiger partial charge in [-0.15, -0.1) is 0 Å². The van der Waals surface area contributed by atoms with Gasteiger partial charge in [-0.1, -0.05) is 30.4 Å². The molecule has 0 spiro atoms. The first-order chi connectivity index (χ1) is 9.13. The number of thiocarbonyl (C=S) groups is 1. The number of nitrogens with two attached hydrogens (primary N) is 1. The van der Waals surface area contributed by atoms with Crippen molar-refractivity contribution >= 4 is 17.2 Å². The Balaban J connectivity index is 1.66. The number of hydrogen-bond donors (Lipinski definition) is 2. The van der Waals surface area contributed by atoms with Gasteiger partial charge in [-0.2, -0.15) is 0 Å². The topological polar surface area (TPSA) is 49.5 Å². The van der Waals surface area contributed by atoms with Crippen molar-refractivity contribution in [2.45, 2.75) is 25.5 Å². The molecule has 1 aromatic rings. The number of hydrogen-bond acceptors (Lipinski definition) is 3. The molecular weight excluding hydrogens is 256 g/mol. The van der Waals surface area contributed by atoms with Gasteiger partial charge in [0.25, 0.3) is 0 Å². The van der Waals surface area contributed by atoms with E-state index in [1.165, 1.54) is 12.0 Å². The van der Waals surface area contributed by atoms with Crippen molar-refractivity contribution < 1.29 is 5.11 Å². The summed E-state index contributed by atoms with van der Waals surface area (Å²) in [5.74, 6) is 1.17. The smallest absolute Gasteiger partial charge is 0.103 e. The normalized spacial score (nSPS) is 30.5. The Morgan fingerprint density at radius 2 is 2.21 bits per heavy atom. The molecule has 2 fully saturated rings. The van der Waals surface area contributed by atoms with E-state index in [1.807, 2.05) is 12.1 Å². The summed E-state index contributed by atoms with van der Waals surface area (Å²) in [5, 5.41) is 9.94. The van der Waals surface area contributed by atoms with E-state index in [1.54, 1.807) is 0 Å². The summed E-state index contributed by atoms with van der Waals surface area (Å²) in [4.78, 5) is 2.90. The minimum atomic E-state index is -0.0852. The molecule has 1 aliphatic heterocycles. The third-order valence-corrected chi connectivity index (χ3v) is 4.75. The maximum atomic E-state index is 9.94. The Hall–Kier alpha value is -0.970. The van der Waals surface area contributed by atoms with Gasteiger partial charge in [0, 0.05) is 31.1 Å². The van der Waals surface area contributed by atoms with E-state index in [0.717, 1.165) is 31.6 Å². The van der Waals surface area contributed by atoms with Crippen LogP contribution in [0.3, 0.4) is 0 Å². The lowest BCUT2D eigenvalue weighted by molar-refractivity contribution is 0.123. The van der Waals surface area contributed by atoms with E-state index in [0.29, 0.717) is 16.8 Å². The Bertz CT molecular complexity index is 491. The number of likely N-dealkylation sites (tertiary alicyclic amines) is 1. The van der Waals surface area contributed by atoms with Crippen molar-refractivity contribution in [3.8, 4) is 0 Å². The van der Waals surface area contributed by atoms with Crippen LogP contribution in [-0.4, -0.2) is 34.2 Å². The number of aliphatic hydroxyl groups excluding tert-OH is 1. The van der Waals surface area contributed by atoms with Crippen LogP contribution < -0.4 is 5.73 Å². The zero-order valence-electron chi connectivity index (χ0n) is 11.0. The van der Waals surface area contributed by atoms with Crippen molar-refractivity contribution in [1.29, 1.82) is 0 Å². The van der Waals surface area contributed by atoms with Crippen LogP contribution in [-0.2, 0) is 6.54 Å². The average Bonchev–Trinajstić information content (AvgIpc) is 2.92. The second-order valence-corrected chi connectivity index (χ2v) is 6.27. The Labute approximate surface area is 119 Å². The maximum absolute atomic E-state index is 9.94. The van der Waals surface area contributed by atoms with Crippen LogP contribution in [0.15, 0.2) is 24.3 Å². The molecule has 3 rings (SSSR count). The Kier molecular flexibility index (Phi) is 3.56. The maximum Gasteiger partial charge on any atom is 0.103 e. The highest BCUT2D eigenvalue weighted by Crippen LogP contribution is 2.38. The van der Waals surface area contributed by atoms with Gasteiger partial charge in [0.15, 0.2) is 0 Å². The van der Waals surface area contributed by atoms with Crippen LogP contribution in [0.2, 0.25) is 0 Å². The summed E-state index contributed by atoms with van der Waals surface area (Å²) in [7, 11) is 0. The molecule has 0 aromatic heterocycles. The second kappa shape index (κ2) is 5.19. The summed E-state index contributed by atoms with van der Waals surface area (Å²) in [6, 6.07) is 8.16. The molecular formula is C15H20N2OS. The quantitative estimate of drug-likeness (QED) is 0.822. The fourth-order valence-electron chi connectivity index (χ4n) is 3.54. The molecule has 0 bridgehead atoms. The van der Waals surface area contributed by atoms with Gasteiger partial charge in [0.2, 0.25) is 0 Å². The monoisotopic (exact) mass is 276 g/mol. The predicted octanol–water partition coefficient (Wildman–Crippen LogP) is 1.52. The van der Waals surface area contributed by atoms with Crippen molar-refractivity contribution in [3.05, 3.63) is 35.4 Å². The minimum absolute atomic E-state index is 0.0852. The van der Waals surface area contributed by atoms with E-state index in [9.17, 15) is 5.11 Å². The molecule has 1 aliphatic carbocycles. The lowest BCUT2D eigenvalue weighted by Gasteiger charge is -2.18. The summed E-state index contributed by atoms with van der Waals surface area (Å²) in [5.41, 5.74) is 7.86. The van der Waals surface area contributed by atoms with Crippen LogP contribution in [0.1, 0.15) is 24.0 Å². The van der Waals surface area contributed by atoms with Crippen LogP contribution in [0.5, 0.6) is 0 Å². The van der Waals surface area contributed by atoms with E-state index in [-0.39, 0.29) is 6.10 Å². The highest BCUT2D eigenvalue weighted by atomic mass is 32.1. The van der Waals surface area contributed by atoms with E-state index in [4.69, 9.17) is 18.0 Å². The number of benzene rings is 1. The first-order valence-corrected chi connectivity index (χ1v) is 7.33. The van der Waals surface area contributed by atoms with Crippen molar-refractivity contribution in [2.24, 2.45) is 17.6 Å². The van der Waals surface area contributed by atoms with Gasteiger partial charge in [0.05, 0.1) is 6.10 Å². The largest absolute Gasteiger partial charge is 0.393 e. The number of fused-ring (bicyclic) bond motifs is 1. The third-order valence-electron chi connectivity index (χ3n) is 4.51. The highest BCUT2D eigenvalue weighted by molar-refractivity contribution is 7.80. The Morgan fingerprint density at radius 1 is 1.37 bits per heavy atom. The summed E-state index contributed by atoms with van der Waals surface area (Å²) in [6.07, 6.45) is 2.08. The lowest BCUT2D eigenvalue weighted by Crippen LogP contribution is -2.24. The van der Waals surface area contributed by atoms with E-state index >= 15 is 0 Å². The molecule has 3 unspecified atom stereocenters. The predicted molar refractivity (Wildman–Crippen MR) is 79.8 cm³/mol. The van der Waals surface area contributed by atoms with Crippen LogP contribution in [0.25, 0.3) is 0 Å². The zero-order valence-corrected chi connectivity index (χ0v) is 11.8. The highest BCUT2D eigenvalue weighted by Gasteiger charge is 2.41. The van der Waals surface area contributed by atoms with Crippen molar-refractivity contribution in [2.75, 3.05) is 13.1 Å². The first-order valence-electron chi connectivity index (χ1n) is 6.92. The van der Waals surface area contributed by atoms with Crippen molar-refractivity contribution in [3.63, 3.8) is 0 Å². The van der Waals surface area contributed by atoms with Crippen LogP contribution in [0.4, 0.5) is 0 Å². The molecule has 102 valence electrons. The Morgan fingerprint density at radius 3 is 2.95 bits per heavy atom. The molecule has 2 aliphatic rings. The van der Waals surface area contributed by atoms with Gasteiger partial charge >= 0.3 is 0 Å². The molecule has 3 atom stereocenters. The van der Waals surface area contributed by atoms with Crippen LogP contribution >= 0.6 is 12.2 Å². The van der Waals surface area contributed by atoms with Crippen molar-refractivity contribution in [1.82, 2.24) is 4.90 Å². The molecule has 1 aromatic carbocycles. The molecule has 1 saturated heterocycles. The van der Waals surface area contributed by atoms with E-state index < -0.39 is 0 Å². The molecule has 3 N–H and O–H groups in total. The number of aliphatic hydroxyl groups is 1. The molecule has 19 heavy (non-hydrogen) atoms. The first kappa shape index (κ1) is 13.0. The lowest BCUT2D eigenvalue weighted by atomic mass is 10.00. The SMILES string of the molecule is NC(=S)c1cccc(CN2CC3CCC(O)C3C2)c1. The van der Waals surface area contributed by atoms with Gasteiger partial charge in [-0.05, 0) is 30.4 Å². The minimum Gasteiger partial charge on any atom is -0.393 e. The molecule has 1 heterocycles. The summed E-state index contributed by atoms with van der Waals surface area (Å²) >= 11 is 5.02. The number of rotatable bonds is 3. The molecule has 3 nitrogen and oxygen atoms in total. The standard InChI is InChI=1S/C15H20N2OS/c16-15(19)11-3-1-2-10(6-11)7-17-8-12-4-5-14(18)13(12)9-17/h1-3,6,12-14,18H,4-5,7-9H2,(H2,16,19). The third kappa shape index (κ3) is 2.66. The summed E-state index contributed by atoms with van der Waals surface area (Å²) in [6.45, 7) is 3.05. The average molecular weight is 276 g/mol. The van der Waals surface area contributed by atoms with Gasteiger partial charge < -0.3 is 10.8 Å². The molecule has 1 saturated carbocycles. The zero-order chi connectivity index (χ0) is 13.4. The van der Waals surface area contributed by atoms with Gasteiger partial charge in [0.1, 0.15) is 4.99 Å². The second-order valence-electron chi connectivity index (χ2n) is 5.83. The van der Waals surface area contributed by atoms with Crippen LogP contribution in [0, 0.1) is 11.8 Å². The van der Waals surface area contributed by atoms with Gasteiger partial charge in [-0.25, -0.2) is 0 Å². The molecule has 0 amide bonds. The molecule has 4 heteroatoms. The summed E-state index contributed by atoms with van der Waals surface area (Å²) < 4.78 is 0. The fourth-order valence-corrected chi connectivity index (χ4v) is 3.67. The molecule has 0 radical (unpaired) electrons. The van der Waals surface area contributed by atoms with Gasteiger partial charge in [-0.3, -0.25) is 4.90 Å². The van der Waals surface area contributed by atoms with E-state index in [2.05, 4.69) is 17.0 Å². The number of nitrogens with zero attached hydrogens (tertiary/aromatic N) is 1. The fraction of sp³-hybridized carbons (Fsp3) is 0.533.